The number of halogens is 3. The molecule has 1 N–H and O–H groups in total. The molecule has 9 heteroatoms. The lowest BCUT2D eigenvalue weighted by Crippen LogP contribution is -2.15. The summed E-state index contributed by atoms with van der Waals surface area (Å²) in [6.07, 6.45) is 0. The van der Waals surface area contributed by atoms with Crippen LogP contribution in [0.5, 0.6) is 0 Å². The van der Waals surface area contributed by atoms with E-state index < -0.39 is 0 Å². The maximum absolute atomic E-state index is 12.6. The Kier molecular flexibility index (Phi) is 6.83. The molecule has 4 aromatic rings. The van der Waals surface area contributed by atoms with Gasteiger partial charge >= 0.3 is 0 Å². The molecular formula is C22H15Cl3N4OS. The molecule has 0 bridgehead atoms. The molecule has 0 saturated carbocycles. The van der Waals surface area contributed by atoms with E-state index in [-0.39, 0.29) is 21.7 Å². The zero-order chi connectivity index (χ0) is 21.8. The average Bonchev–Trinajstić information content (AvgIpc) is 3.20. The van der Waals surface area contributed by atoms with E-state index in [0.29, 0.717) is 21.7 Å². The molecular weight excluding hydrogens is 475 g/mol. The Balaban J connectivity index is 1.58. The zero-order valence-electron chi connectivity index (χ0n) is 15.9. The van der Waals surface area contributed by atoms with E-state index in [2.05, 4.69) is 15.5 Å². The highest BCUT2D eigenvalue weighted by molar-refractivity contribution is 7.99. The number of hydrogen-bond acceptors (Lipinski definition) is 4. The second kappa shape index (κ2) is 9.75. The highest BCUT2D eigenvalue weighted by atomic mass is 35.5. The standard InChI is InChI=1S/C22H15Cl3N4OS/c23-15-11-17(24)20(18(25)12-15)26-19(30)13-31-22-28-27-21(14-7-3-1-4-8-14)29(22)16-9-5-2-6-10-16/h1-12H,13H2,(H,26,30). The Bertz CT molecular complexity index is 1190. The average molecular weight is 490 g/mol. The largest absolute Gasteiger partial charge is 0.323 e. The fraction of sp³-hybridized carbons (Fsp3) is 0.0455. The van der Waals surface area contributed by atoms with Crippen molar-refractivity contribution in [3.05, 3.63) is 87.9 Å². The lowest BCUT2D eigenvalue weighted by Gasteiger charge is -2.11. The first kappa shape index (κ1) is 21.7. The summed E-state index contributed by atoms with van der Waals surface area (Å²) in [6, 6.07) is 22.6. The lowest BCUT2D eigenvalue weighted by molar-refractivity contribution is -0.113. The van der Waals surface area contributed by atoms with E-state index in [0.717, 1.165) is 11.3 Å². The number of nitrogens with one attached hydrogen (secondary N) is 1. The molecule has 0 atom stereocenters. The summed E-state index contributed by atoms with van der Waals surface area (Å²) < 4.78 is 1.93. The van der Waals surface area contributed by atoms with Crippen LogP contribution in [0.15, 0.2) is 78.0 Å². The van der Waals surface area contributed by atoms with Gasteiger partial charge < -0.3 is 5.32 Å². The predicted octanol–water partition coefficient (Wildman–Crippen LogP) is 6.63. The highest BCUT2D eigenvalue weighted by Crippen LogP contribution is 2.34. The number of hydrogen-bond donors (Lipinski definition) is 1. The van der Waals surface area contributed by atoms with Crippen LogP contribution in [-0.2, 0) is 4.79 Å². The smallest absolute Gasteiger partial charge is 0.234 e. The Labute approximate surface area is 198 Å². The molecule has 0 fully saturated rings. The molecule has 5 nitrogen and oxygen atoms in total. The van der Waals surface area contributed by atoms with Crippen molar-refractivity contribution in [3.63, 3.8) is 0 Å². The number of carbonyl (C=O) groups excluding carboxylic acids is 1. The van der Waals surface area contributed by atoms with Crippen LogP contribution in [-0.4, -0.2) is 26.4 Å². The molecule has 0 unspecified atom stereocenters. The van der Waals surface area contributed by atoms with Crippen LogP contribution in [0.4, 0.5) is 5.69 Å². The fourth-order valence-corrected chi connectivity index (χ4v) is 4.58. The van der Waals surface area contributed by atoms with Crippen molar-refractivity contribution in [1.29, 1.82) is 0 Å². The molecule has 3 aromatic carbocycles. The number of nitrogens with zero attached hydrogens (tertiary/aromatic N) is 3. The second-order valence-corrected chi connectivity index (χ2v) is 8.62. The second-order valence-electron chi connectivity index (χ2n) is 6.42. The molecule has 0 aliphatic rings. The minimum Gasteiger partial charge on any atom is -0.323 e. The van der Waals surface area contributed by atoms with E-state index in [1.807, 2.05) is 65.2 Å². The molecule has 31 heavy (non-hydrogen) atoms. The maximum atomic E-state index is 12.6. The van der Waals surface area contributed by atoms with Gasteiger partial charge in [0.25, 0.3) is 0 Å². The third-order valence-corrected chi connectivity index (χ3v) is 6.03. The first-order valence-electron chi connectivity index (χ1n) is 9.16. The first-order chi connectivity index (χ1) is 15.0. The third kappa shape index (κ3) is 5.05. The lowest BCUT2D eigenvalue weighted by atomic mass is 10.2. The molecule has 4 rings (SSSR count). The first-order valence-corrected chi connectivity index (χ1v) is 11.3. The van der Waals surface area contributed by atoms with Gasteiger partial charge in [0, 0.05) is 16.3 Å². The van der Waals surface area contributed by atoms with Crippen LogP contribution in [0.2, 0.25) is 15.1 Å². The topological polar surface area (TPSA) is 59.8 Å². The number of anilines is 1. The summed E-state index contributed by atoms with van der Waals surface area (Å²) in [5, 5.41) is 13.0. The van der Waals surface area contributed by atoms with Crippen LogP contribution in [0.3, 0.4) is 0 Å². The summed E-state index contributed by atoms with van der Waals surface area (Å²) in [4.78, 5) is 12.6. The zero-order valence-corrected chi connectivity index (χ0v) is 19.0. The number of thioether (sulfide) groups is 1. The van der Waals surface area contributed by atoms with Crippen molar-refractivity contribution < 1.29 is 4.79 Å². The molecule has 1 aromatic heterocycles. The monoisotopic (exact) mass is 488 g/mol. The molecule has 1 amide bonds. The summed E-state index contributed by atoms with van der Waals surface area (Å²) in [7, 11) is 0. The number of benzene rings is 3. The van der Waals surface area contributed by atoms with Gasteiger partial charge in [0.15, 0.2) is 11.0 Å². The van der Waals surface area contributed by atoms with E-state index in [1.165, 1.54) is 23.9 Å². The molecule has 1 heterocycles. The molecule has 0 aliphatic carbocycles. The quantitative estimate of drug-likeness (QED) is 0.309. The summed E-state index contributed by atoms with van der Waals surface area (Å²) in [6.45, 7) is 0. The van der Waals surface area contributed by atoms with Crippen molar-refractivity contribution >= 4 is 58.2 Å². The van der Waals surface area contributed by atoms with Crippen LogP contribution < -0.4 is 5.32 Å². The van der Waals surface area contributed by atoms with Gasteiger partial charge in [-0.15, -0.1) is 10.2 Å². The van der Waals surface area contributed by atoms with E-state index in [9.17, 15) is 4.79 Å². The number of aromatic nitrogens is 3. The van der Waals surface area contributed by atoms with Gasteiger partial charge in [-0.2, -0.15) is 0 Å². The van der Waals surface area contributed by atoms with Crippen LogP contribution >= 0.6 is 46.6 Å². The maximum Gasteiger partial charge on any atom is 0.234 e. The molecule has 0 saturated heterocycles. The van der Waals surface area contributed by atoms with Crippen molar-refractivity contribution in [2.45, 2.75) is 5.16 Å². The predicted molar refractivity (Wildman–Crippen MR) is 128 cm³/mol. The van der Waals surface area contributed by atoms with Gasteiger partial charge in [-0.3, -0.25) is 9.36 Å². The van der Waals surface area contributed by atoms with Crippen LogP contribution in [0, 0.1) is 0 Å². The highest BCUT2D eigenvalue weighted by Gasteiger charge is 2.18. The van der Waals surface area contributed by atoms with Gasteiger partial charge in [-0.1, -0.05) is 95.1 Å². The van der Waals surface area contributed by atoms with Crippen molar-refractivity contribution in [3.8, 4) is 17.1 Å². The van der Waals surface area contributed by atoms with Crippen LogP contribution in [0.25, 0.3) is 17.1 Å². The molecule has 156 valence electrons. The number of rotatable bonds is 6. The Morgan fingerprint density at radius 2 is 1.52 bits per heavy atom. The van der Waals surface area contributed by atoms with Gasteiger partial charge in [0.05, 0.1) is 21.5 Å². The van der Waals surface area contributed by atoms with Gasteiger partial charge in [0.1, 0.15) is 0 Å². The summed E-state index contributed by atoms with van der Waals surface area (Å²) in [5.74, 6) is 0.508. The number of para-hydroxylation sites is 1. The van der Waals surface area contributed by atoms with Crippen molar-refractivity contribution in [2.75, 3.05) is 11.1 Å². The molecule has 0 aliphatic heterocycles. The van der Waals surface area contributed by atoms with Crippen LogP contribution in [0.1, 0.15) is 0 Å². The Morgan fingerprint density at radius 3 is 2.16 bits per heavy atom. The normalized spacial score (nSPS) is 10.8. The third-order valence-electron chi connectivity index (χ3n) is 4.28. The minimum absolute atomic E-state index is 0.0923. The minimum atomic E-state index is -0.278. The Morgan fingerprint density at radius 1 is 0.903 bits per heavy atom. The van der Waals surface area contributed by atoms with Gasteiger partial charge in [-0.25, -0.2) is 0 Å². The summed E-state index contributed by atoms with van der Waals surface area (Å²) in [5.41, 5.74) is 2.15. The summed E-state index contributed by atoms with van der Waals surface area (Å²) >= 11 is 19.5. The van der Waals surface area contributed by atoms with E-state index >= 15 is 0 Å². The van der Waals surface area contributed by atoms with Gasteiger partial charge in [0.2, 0.25) is 5.91 Å². The molecule has 0 spiro atoms. The SMILES string of the molecule is O=C(CSc1nnc(-c2ccccc2)n1-c1ccccc1)Nc1c(Cl)cc(Cl)cc1Cl. The van der Waals surface area contributed by atoms with Crippen molar-refractivity contribution in [1.82, 2.24) is 14.8 Å². The Hall–Kier alpha value is -2.51. The molecule has 0 radical (unpaired) electrons. The van der Waals surface area contributed by atoms with Crippen molar-refractivity contribution in [2.24, 2.45) is 0 Å². The fourth-order valence-electron chi connectivity index (χ4n) is 2.91. The van der Waals surface area contributed by atoms with Gasteiger partial charge in [-0.05, 0) is 24.3 Å². The number of amides is 1. The van der Waals surface area contributed by atoms with E-state index in [1.54, 1.807) is 0 Å². The number of carbonyl (C=O) groups is 1. The van der Waals surface area contributed by atoms with E-state index in [4.69, 9.17) is 34.8 Å².